The Kier molecular flexibility index (Phi) is 4.41. The molecular formula is C21H28N2O3. The van der Waals surface area contributed by atoms with Crippen LogP contribution in [0.25, 0.3) is 0 Å². The van der Waals surface area contributed by atoms with Crippen molar-refractivity contribution in [2.45, 2.75) is 51.5 Å². The average molecular weight is 356 g/mol. The molecule has 140 valence electrons. The molecule has 0 aliphatic heterocycles. The molecule has 0 saturated heterocycles. The van der Waals surface area contributed by atoms with Gasteiger partial charge in [0.15, 0.2) is 6.61 Å². The number of ether oxygens (including phenoxy) is 1. The lowest BCUT2D eigenvalue weighted by Crippen LogP contribution is -2.56. The monoisotopic (exact) mass is 356 g/mol. The fourth-order valence-electron chi connectivity index (χ4n) is 5.98. The van der Waals surface area contributed by atoms with Crippen LogP contribution < -0.4 is 11.1 Å². The second-order valence-corrected chi connectivity index (χ2v) is 8.77. The minimum atomic E-state index is -0.498. The van der Waals surface area contributed by atoms with E-state index in [0.717, 1.165) is 17.8 Å². The van der Waals surface area contributed by atoms with Gasteiger partial charge in [-0.2, -0.15) is 0 Å². The highest BCUT2D eigenvalue weighted by Crippen LogP contribution is 2.61. The average Bonchev–Trinajstić information content (AvgIpc) is 2.59. The Morgan fingerprint density at radius 3 is 2.19 bits per heavy atom. The lowest BCUT2D eigenvalue weighted by atomic mass is 9.48. The maximum Gasteiger partial charge on any atom is 0.338 e. The zero-order valence-corrected chi connectivity index (χ0v) is 15.4. The van der Waals surface area contributed by atoms with Gasteiger partial charge in [-0.1, -0.05) is 0 Å². The predicted octanol–water partition coefficient (Wildman–Crippen LogP) is 3.15. The van der Waals surface area contributed by atoms with Gasteiger partial charge in [0.2, 0.25) is 0 Å². The first-order chi connectivity index (χ1) is 12.4. The molecular weight excluding hydrogens is 328 g/mol. The molecule has 1 aromatic rings. The number of hydrogen-bond acceptors (Lipinski definition) is 4. The minimum Gasteiger partial charge on any atom is -0.452 e. The van der Waals surface area contributed by atoms with Crippen molar-refractivity contribution in [3.05, 3.63) is 29.8 Å². The zero-order chi connectivity index (χ0) is 18.3. The van der Waals surface area contributed by atoms with Crippen LogP contribution in [-0.2, 0) is 9.53 Å². The Labute approximate surface area is 154 Å². The Bertz CT molecular complexity index is 662. The van der Waals surface area contributed by atoms with Crippen LogP contribution in [0.5, 0.6) is 0 Å². The number of anilines is 1. The van der Waals surface area contributed by atoms with Gasteiger partial charge in [-0.3, -0.25) is 4.79 Å². The van der Waals surface area contributed by atoms with Crippen molar-refractivity contribution in [3.63, 3.8) is 0 Å². The number of benzene rings is 1. The summed E-state index contributed by atoms with van der Waals surface area (Å²) < 4.78 is 5.16. The highest BCUT2D eigenvalue weighted by atomic mass is 16.5. The molecule has 0 radical (unpaired) electrons. The van der Waals surface area contributed by atoms with Crippen molar-refractivity contribution < 1.29 is 14.3 Å². The van der Waals surface area contributed by atoms with E-state index in [4.69, 9.17) is 10.5 Å². The largest absolute Gasteiger partial charge is 0.452 e. The summed E-state index contributed by atoms with van der Waals surface area (Å²) in [5.41, 5.74) is 6.86. The Morgan fingerprint density at radius 2 is 1.65 bits per heavy atom. The molecule has 4 saturated carbocycles. The van der Waals surface area contributed by atoms with E-state index < -0.39 is 5.97 Å². The van der Waals surface area contributed by atoms with E-state index >= 15 is 0 Å². The van der Waals surface area contributed by atoms with Gasteiger partial charge in [-0.05, 0) is 92.9 Å². The molecule has 0 unspecified atom stereocenters. The molecule has 1 aromatic carbocycles. The van der Waals surface area contributed by atoms with Gasteiger partial charge in [0, 0.05) is 11.7 Å². The summed E-state index contributed by atoms with van der Waals surface area (Å²) >= 11 is 0. The van der Waals surface area contributed by atoms with E-state index in [1.165, 1.54) is 38.5 Å². The van der Waals surface area contributed by atoms with Crippen LogP contribution in [0.3, 0.4) is 0 Å². The van der Waals surface area contributed by atoms with Crippen LogP contribution >= 0.6 is 0 Å². The first-order valence-corrected chi connectivity index (χ1v) is 9.75. The smallest absolute Gasteiger partial charge is 0.338 e. The molecule has 4 bridgehead atoms. The van der Waals surface area contributed by atoms with Gasteiger partial charge >= 0.3 is 5.97 Å². The van der Waals surface area contributed by atoms with Gasteiger partial charge in [0.25, 0.3) is 5.91 Å². The summed E-state index contributed by atoms with van der Waals surface area (Å²) in [7, 11) is 0. The molecule has 0 heterocycles. The van der Waals surface area contributed by atoms with Crippen LogP contribution in [-0.4, -0.2) is 24.5 Å². The molecule has 4 aliphatic carbocycles. The summed E-state index contributed by atoms with van der Waals surface area (Å²) in [4.78, 5) is 24.4. The third-order valence-corrected chi connectivity index (χ3v) is 6.86. The maximum atomic E-state index is 12.3. The number of hydrogen-bond donors (Lipinski definition) is 2. The summed E-state index contributed by atoms with van der Waals surface area (Å²) in [6.07, 6.45) is 7.89. The molecule has 26 heavy (non-hydrogen) atoms. The summed E-state index contributed by atoms with van der Waals surface area (Å²) in [5, 5.41) is 3.12. The van der Waals surface area contributed by atoms with E-state index in [1.54, 1.807) is 24.3 Å². The van der Waals surface area contributed by atoms with E-state index in [2.05, 4.69) is 12.2 Å². The lowest BCUT2D eigenvalue weighted by molar-refractivity contribution is -0.128. The third kappa shape index (κ3) is 3.31. The predicted molar refractivity (Wildman–Crippen MR) is 99.3 cm³/mol. The lowest BCUT2D eigenvalue weighted by Gasteiger charge is -2.59. The fourth-order valence-corrected chi connectivity index (χ4v) is 5.98. The van der Waals surface area contributed by atoms with Gasteiger partial charge < -0.3 is 15.8 Å². The number of amides is 1. The first-order valence-electron chi connectivity index (χ1n) is 9.75. The van der Waals surface area contributed by atoms with Crippen molar-refractivity contribution in [2.75, 3.05) is 12.3 Å². The molecule has 0 spiro atoms. The normalized spacial score (nSPS) is 32.9. The van der Waals surface area contributed by atoms with Gasteiger partial charge in [0.05, 0.1) is 5.56 Å². The van der Waals surface area contributed by atoms with Crippen LogP contribution in [0.4, 0.5) is 5.69 Å². The number of esters is 1. The van der Waals surface area contributed by atoms with Gasteiger partial charge in [-0.25, -0.2) is 4.79 Å². The molecule has 1 atom stereocenters. The highest BCUT2D eigenvalue weighted by Gasteiger charge is 2.53. The number of nitrogen functional groups attached to an aromatic ring is 1. The summed E-state index contributed by atoms with van der Waals surface area (Å²) in [6.45, 7) is 1.90. The van der Waals surface area contributed by atoms with Crippen molar-refractivity contribution >= 4 is 17.6 Å². The fraction of sp³-hybridized carbons (Fsp3) is 0.619. The molecule has 3 N–H and O–H groups in total. The summed E-state index contributed by atoms with van der Waals surface area (Å²) in [6, 6.07) is 6.64. The summed E-state index contributed by atoms with van der Waals surface area (Å²) in [5.74, 6) is 1.84. The molecule has 4 aliphatic rings. The van der Waals surface area contributed by atoms with Crippen molar-refractivity contribution in [3.8, 4) is 0 Å². The first kappa shape index (κ1) is 17.4. The second kappa shape index (κ2) is 6.60. The molecule has 4 fully saturated rings. The Balaban J connectivity index is 1.31. The van der Waals surface area contributed by atoms with E-state index in [0.29, 0.717) is 11.3 Å². The number of rotatable bonds is 5. The quantitative estimate of drug-likeness (QED) is 0.627. The second-order valence-electron chi connectivity index (χ2n) is 8.77. The van der Waals surface area contributed by atoms with E-state index in [1.807, 2.05) is 0 Å². The minimum absolute atomic E-state index is 0.138. The van der Waals surface area contributed by atoms with E-state index in [9.17, 15) is 9.59 Å². The van der Waals surface area contributed by atoms with Crippen LogP contribution in [0.15, 0.2) is 24.3 Å². The van der Waals surface area contributed by atoms with E-state index in [-0.39, 0.29) is 24.0 Å². The standard InChI is InChI=1S/C21H28N2O3/c1-13(21-9-14-6-15(10-21)8-16(7-14)11-21)23-19(24)12-26-20(25)17-2-4-18(22)5-3-17/h2-5,13-16H,6-12,22H2,1H3,(H,23,24)/t13-,14?,15?,16?,21?/m1/s1. The Morgan fingerprint density at radius 1 is 1.12 bits per heavy atom. The Hall–Kier alpha value is -2.04. The number of nitrogens with one attached hydrogen (secondary N) is 1. The maximum absolute atomic E-state index is 12.3. The van der Waals surface area contributed by atoms with Crippen LogP contribution in [0.1, 0.15) is 55.8 Å². The van der Waals surface area contributed by atoms with Crippen molar-refractivity contribution in [1.29, 1.82) is 0 Å². The molecule has 1 amide bonds. The number of carbonyl (C=O) groups is 2. The topological polar surface area (TPSA) is 81.4 Å². The molecule has 0 aromatic heterocycles. The number of carbonyl (C=O) groups excluding carboxylic acids is 2. The highest BCUT2D eigenvalue weighted by molar-refractivity contribution is 5.91. The van der Waals surface area contributed by atoms with Gasteiger partial charge in [-0.15, -0.1) is 0 Å². The molecule has 5 heteroatoms. The van der Waals surface area contributed by atoms with Gasteiger partial charge in [0.1, 0.15) is 0 Å². The zero-order valence-electron chi connectivity index (χ0n) is 15.4. The van der Waals surface area contributed by atoms with Crippen LogP contribution in [0.2, 0.25) is 0 Å². The number of nitrogens with two attached hydrogens (primary N) is 1. The van der Waals surface area contributed by atoms with Crippen molar-refractivity contribution in [1.82, 2.24) is 5.32 Å². The van der Waals surface area contributed by atoms with Crippen LogP contribution in [0, 0.1) is 23.2 Å². The van der Waals surface area contributed by atoms with Crippen molar-refractivity contribution in [2.24, 2.45) is 23.2 Å². The SMILES string of the molecule is C[C@@H](NC(=O)COC(=O)c1ccc(N)cc1)C12CC3CC(CC(C3)C1)C2. The molecule has 5 rings (SSSR count). The third-order valence-electron chi connectivity index (χ3n) is 6.86. The molecule has 5 nitrogen and oxygen atoms in total.